The molecule has 1 aliphatic rings. The molecular weight excluding hydrogens is 402 g/mol. The lowest BCUT2D eigenvalue weighted by atomic mass is 10.1. The van der Waals surface area contributed by atoms with E-state index in [1.165, 1.54) is 11.0 Å². The number of aromatic nitrogens is 2. The second-order valence-corrected chi connectivity index (χ2v) is 6.29. The molecule has 2 N–H and O–H groups in total. The van der Waals surface area contributed by atoms with Crippen LogP contribution >= 0.6 is 39.1 Å². The zero-order valence-corrected chi connectivity index (χ0v) is 13.9. The molecular formula is C12H8BrCl2FN4O2. The maximum absolute atomic E-state index is 14.2. The average molecular weight is 410 g/mol. The second kappa shape index (κ2) is 5.68. The van der Waals surface area contributed by atoms with Crippen molar-refractivity contribution in [1.29, 1.82) is 0 Å². The number of rotatable bonds is 2. The standard InChI is InChI=1S/C12H8BrCl2FN4O2/c13-7-6(14)1-5-9(8(7)16)18-11(15)19-10(5)17-4-2-20(3-4)12(21)22/h1,4H,2-3H2,(H,21,22)(H,17,18,19). The van der Waals surface area contributed by atoms with E-state index in [1.54, 1.807) is 0 Å². The number of carbonyl (C=O) groups is 1. The van der Waals surface area contributed by atoms with Crippen molar-refractivity contribution >= 4 is 61.9 Å². The smallest absolute Gasteiger partial charge is 0.407 e. The lowest BCUT2D eigenvalue weighted by Crippen LogP contribution is -2.56. The topological polar surface area (TPSA) is 78.4 Å². The van der Waals surface area contributed by atoms with Crippen LogP contribution in [0.3, 0.4) is 0 Å². The van der Waals surface area contributed by atoms with E-state index in [9.17, 15) is 9.18 Å². The molecule has 0 saturated carbocycles. The summed E-state index contributed by atoms with van der Waals surface area (Å²) in [7, 11) is 0. The van der Waals surface area contributed by atoms with E-state index in [4.69, 9.17) is 28.3 Å². The van der Waals surface area contributed by atoms with Crippen LogP contribution in [0.1, 0.15) is 0 Å². The largest absolute Gasteiger partial charge is 0.465 e. The first-order chi connectivity index (χ1) is 10.4. The molecule has 0 unspecified atom stereocenters. The number of hydrogen-bond acceptors (Lipinski definition) is 4. The highest BCUT2D eigenvalue weighted by atomic mass is 79.9. The first kappa shape index (κ1) is 15.5. The first-order valence-electron chi connectivity index (χ1n) is 6.12. The van der Waals surface area contributed by atoms with E-state index in [1.807, 2.05) is 0 Å². The van der Waals surface area contributed by atoms with Crippen molar-refractivity contribution in [2.75, 3.05) is 18.4 Å². The highest BCUT2D eigenvalue weighted by Crippen LogP contribution is 2.35. The van der Waals surface area contributed by atoms with Crippen LogP contribution in [0.4, 0.5) is 15.0 Å². The highest BCUT2D eigenvalue weighted by Gasteiger charge is 2.31. The molecule has 2 aromatic rings. The lowest BCUT2D eigenvalue weighted by molar-refractivity contribution is 0.111. The van der Waals surface area contributed by atoms with Crippen molar-refractivity contribution in [1.82, 2.24) is 14.9 Å². The van der Waals surface area contributed by atoms with Gasteiger partial charge in [0, 0.05) is 18.5 Å². The molecule has 1 amide bonds. The number of hydrogen-bond donors (Lipinski definition) is 2. The van der Waals surface area contributed by atoms with Gasteiger partial charge in [-0.1, -0.05) is 11.6 Å². The number of halogens is 4. The highest BCUT2D eigenvalue weighted by molar-refractivity contribution is 9.10. The summed E-state index contributed by atoms with van der Waals surface area (Å²) in [5.74, 6) is -0.311. The van der Waals surface area contributed by atoms with E-state index in [0.717, 1.165) is 0 Å². The molecule has 1 fully saturated rings. The molecule has 1 saturated heterocycles. The minimum atomic E-state index is -0.985. The van der Waals surface area contributed by atoms with Crippen molar-refractivity contribution in [3.63, 3.8) is 0 Å². The molecule has 116 valence electrons. The van der Waals surface area contributed by atoms with Gasteiger partial charge in [-0.2, -0.15) is 0 Å². The lowest BCUT2D eigenvalue weighted by Gasteiger charge is -2.37. The van der Waals surface area contributed by atoms with Crippen LogP contribution in [-0.2, 0) is 0 Å². The molecule has 0 spiro atoms. The molecule has 10 heteroatoms. The Labute approximate surface area is 142 Å². The van der Waals surface area contributed by atoms with Gasteiger partial charge in [0.25, 0.3) is 0 Å². The van der Waals surface area contributed by atoms with Crippen molar-refractivity contribution in [2.45, 2.75) is 6.04 Å². The predicted molar refractivity (Wildman–Crippen MR) is 84.2 cm³/mol. The summed E-state index contributed by atoms with van der Waals surface area (Å²) in [6.45, 7) is 0.621. The van der Waals surface area contributed by atoms with E-state index in [0.29, 0.717) is 24.3 Å². The van der Waals surface area contributed by atoms with E-state index in [-0.39, 0.29) is 26.3 Å². The molecule has 2 heterocycles. The molecule has 6 nitrogen and oxygen atoms in total. The van der Waals surface area contributed by atoms with E-state index in [2.05, 4.69) is 31.2 Å². The number of carboxylic acid groups (broad SMARTS) is 1. The SMILES string of the molecule is O=C(O)N1CC(Nc2nc(Cl)nc3c(F)c(Br)c(Cl)cc23)C1. The fraction of sp³-hybridized carbons (Fsp3) is 0.250. The van der Waals surface area contributed by atoms with Crippen molar-refractivity contribution in [3.05, 3.63) is 26.7 Å². The Morgan fingerprint density at radius 1 is 1.45 bits per heavy atom. The van der Waals surface area contributed by atoms with Crippen LogP contribution < -0.4 is 5.32 Å². The molecule has 22 heavy (non-hydrogen) atoms. The molecule has 1 aromatic carbocycles. The average Bonchev–Trinajstić information content (AvgIpc) is 2.40. The van der Waals surface area contributed by atoms with Crippen molar-refractivity contribution in [2.24, 2.45) is 0 Å². The zero-order valence-electron chi connectivity index (χ0n) is 10.8. The van der Waals surface area contributed by atoms with Crippen LogP contribution in [0.25, 0.3) is 10.9 Å². The monoisotopic (exact) mass is 408 g/mol. The maximum atomic E-state index is 14.2. The van der Waals surface area contributed by atoms with Crippen molar-refractivity contribution < 1.29 is 14.3 Å². The Balaban J connectivity index is 1.98. The first-order valence-corrected chi connectivity index (χ1v) is 7.67. The van der Waals surface area contributed by atoms with Crippen LogP contribution in [0.15, 0.2) is 10.5 Å². The number of benzene rings is 1. The molecule has 1 aliphatic heterocycles. The van der Waals surface area contributed by atoms with Gasteiger partial charge in [-0.25, -0.2) is 19.2 Å². The number of nitrogens with zero attached hydrogens (tertiary/aromatic N) is 3. The maximum Gasteiger partial charge on any atom is 0.407 e. The molecule has 0 radical (unpaired) electrons. The third kappa shape index (κ3) is 2.66. The van der Waals surface area contributed by atoms with Crippen LogP contribution in [0.2, 0.25) is 10.3 Å². The summed E-state index contributed by atoms with van der Waals surface area (Å²) >= 11 is 14.8. The summed E-state index contributed by atoms with van der Waals surface area (Å²) in [5.41, 5.74) is 0.0354. The number of fused-ring (bicyclic) bond motifs is 1. The number of amides is 1. The summed E-state index contributed by atoms with van der Waals surface area (Å²) in [5, 5.41) is 12.3. The Morgan fingerprint density at radius 2 is 2.14 bits per heavy atom. The Morgan fingerprint density at radius 3 is 2.77 bits per heavy atom. The van der Waals surface area contributed by atoms with E-state index < -0.39 is 11.9 Å². The van der Waals surface area contributed by atoms with Gasteiger partial charge < -0.3 is 15.3 Å². The molecule has 0 bridgehead atoms. The molecule has 0 atom stereocenters. The number of likely N-dealkylation sites (tertiary alicyclic amines) is 1. The molecule has 0 aliphatic carbocycles. The summed E-state index contributed by atoms with van der Waals surface area (Å²) < 4.78 is 14.3. The van der Waals surface area contributed by atoms with Crippen molar-refractivity contribution in [3.8, 4) is 0 Å². The van der Waals surface area contributed by atoms with Gasteiger partial charge in [-0.3, -0.25) is 0 Å². The van der Waals surface area contributed by atoms with Gasteiger partial charge >= 0.3 is 6.09 Å². The van der Waals surface area contributed by atoms with Gasteiger partial charge in [0.05, 0.1) is 15.5 Å². The quantitative estimate of drug-likeness (QED) is 0.585. The van der Waals surface area contributed by atoms with Crippen LogP contribution in [0, 0.1) is 5.82 Å². The Hall–Kier alpha value is -1.38. The van der Waals surface area contributed by atoms with Crippen LogP contribution in [0.5, 0.6) is 0 Å². The van der Waals surface area contributed by atoms with Crippen LogP contribution in [-0.4, -0.2) is 45.2 Å². The third-order valence-electron chi connectivity index (χ3n) is 3.29. The third-order valence-corrected chi connectivity index (χ3v) is 4.76. The fourth-order valence-electron chi connectivity index (χ4n) is 2.17. The number of nitrogens with one attached hydrogen (secondary N) is 1. The number of anilines is 1. The van der Waals surface area contributed by atoms with Gasteiger partial charge in [0.15, 0.2) is 5.82 Å². The minimum Gasteiger partial charge on any atom is -0.465 e. The van der Waals surface area contributed by atoms with Gasteiger partial charge in [0.1, 0.15) is 11.3 Å². The molecule has 1 aromatic heterocycles. The van der Waals surface area contributed by atoms with Gasteiger partial charge in [-0.15, -0.1) is 0 Å². The van der Waals surface area contributed by atoms with Gasteiger partial charge in [0.2, 0.25) is 5.28 Å². The summed E-state index contributed by atoms with van der Waals surface area (Å²) in [6.07, 6.45) is -0.985. The zero-order chi connectivity index (χ0) is 16.0. The Kier molecular flexibility index (Phi) is 4.00. The normalized spacial score (nSPS) is 15.0. The Bertz CT molecular complexity index is 786. The second-order valence-electron chi connectivity index (χ2n) is 4.75. The summed E-state index contributed by atoms with van der Waals surface area (Å²) in [6, 6.07) is 1.40. The fourth-order valence-corrected chi connectivity index (χ4v) is 2.84. The summed E-state index contributed by atoms with van der Waals surface area (Å²) in [4.78, 5) is 19.9. The minimum absolute atomic E-state index is 0.0354. The predicted octanol–water partition coefficient (Wildman–Crippen LogP) is 3.61. The molecule has 3 rings (SSSR count). The van der Waals surface area contributed by atoms with E-state index >= 15 is 0 Å². The van der Waals surface area contributed by atoms with Gasteiger partial charge in [-0.05, 0) is 33.6 Å².